The summed E-state index contributed by atoms with van der Waals surface area (Å²) in [4.78, 5) is 30.7. The fraction of sp³-hybridized carbons (Fsp3) is 0.0556. The van der Waals surface area contributed by atoms with Gasteiger partial charge in [-0.1, -0.05) is 17.7 Å². The first-order chi connectivity index (χ1) is 13.9. The SMILES string of the molecule is Cn1cc(Nc2ncc(Cl)c(Nc3cccc(NC(=O)C=CC(=O)O)c3)n2)cn1. The molecular formula is C18H16ClN7O3. The smallest absolute Gasteiger partial charge is 0.328 e. The lowest BCUT2D eigenvalue weighted by atomic mass is 10.2. The van der Waals surface area contributed by atoms with Crippen LogP contribution in [0.5, 0.6) is 0 Å². The number of amides is 1. The zero-order valence-electron chi connectivity index (χ0n) is 15.1. The van der Waals surface area contributed by atoms with Gasteiger partial charge in [0.25, 0.3) is 0 Å². The van der Waals surface area contributed by atoms with Gasteiger partial charge < -0.3 is 21.1 Å². The number of hydrogen-bond acceptors (Lipinski definition) is 7. The van der Waals surface area contributed by atoms with Crippen molar-refractivity contribution in [1.82, 2.24) is 19.7 Å². The molecule has 0 aliphatic rings. The van der Waals surface area contributed by atoms with Gasteiger partial charge in [-0.05, 0) is 18.2 Å². The second-order valence-electron chi connectivity index (χ2n) is 5.78. The highest BCUT2D eigenvalue weighted by Gasteiger charge is 2.08. The second kappa shape index (κ2) is 8.85. The van der Waals surface area contributed by atoms with E-state index in [1.54, 1.807) is 48.4 Å². The van der Waals surface area contributed by atoms with Crippen LogP contribution in [0.2, 0.25) is 5.02 Å². The summed E-state index contributed by atoms with van der Waals surface area (Å²) in [6, 6.07) is 6.78. The van der Waals surface area contributed by atoms with Gasteiger partial charge in [0.1, 0.15) is 5.02 Å². The molecule has 0 fully saturated rings. The highest BCUT2D eigenvalue weighted by Crippen LogP contribution is 2.26. The summed E-state index contributed by atoms with van der Waals surface area (Å²) in [6.45, 7) is 0. The van der Waals surface area contributed by atoms with Crippen LogP contribution in [-0.4, -0.2) is 36.7 Å². The Hall–Kier alpha value is -3.92. The fourth-order valence-corrected chi connectivity index (χ4v) is 2.41. The Morgan fingerprint density at radius 1 is 1.14 bits per heavy atom. The van der Waals surface area contributed by atoms with E-state index in [1.807, 2.05) is 0 Å². The van der Waals surface area contributed by atoms with Crippen molar-refractivity contribution in [2.45, 2.75) is 0 Å². The molecular weight excluding hydrogens is 398 g/mol. The molecule has 2 aromatic heterocycles. The molecule has 148 valence electrons. The summed E-state index contributed by atoms with van der Waals surface area (Å²) in [6.07, 6.45) is 6.55. The number of aliphatic carboxylic acids is 1. The Kier molecular flexibility index (Phi) is 6.05. The van der Waals surface area contributed by atoms with E-state index in [1.165, 1.54) is 6.20 Å². The molecule has 3 rings (SSSR count). The van der Waals surface area contributed by atoms with Crippen molar-refractivity contribution in [2.75, 3.05) is 16.0 Å². The lowest BCUT2D eigenvalue weighted by Crippen LogP contribution is -2.09. The summed E-state index contributed by atoms with van der Waals surface area (Å²) in [5.74, 6) is -1.08. The highest BCUT2D eigenvalue weighted by molar-refractivity contribution is 6.32. The number of carbonyl (C=O) groups is 2. The first-order valence-electron chi connectivity index (χ1n) is 8.26. The lowest BCUT2D eigenvalue weighted by molar-refractivity contribution is -0.131. The Labute approximate surface area is 170 Å². The van der Waals surface area contributed by atoms with Gasteiger partial charge in [0.15, 0.2) is 5.82 Å². The van der Waals surface area contributed by atoms with Gasteiger partial charge in [-0.3, -0.25) is 9.48 Å². The van der Waals surface area contributed by atoms with Gasteiger partial charge in [0, 0.05) is 36.8 Å². The van der Waals surface area contributed by atoms with Gasteiger partial charge in [-0.2, -0.15) is 10.1 Å². The van der Waals surface area contributed by atoms with E-state index in [-0.39, 0.29) is 0 Å². The van der Waals surface area contributed by atoms with Gasteiger partial charge in [-0.25, -0.2) is 9.78 Å². The number of aryl methyl sites for hydroxylation is 1. The van der Waals surface area contributed by atoms with Gasteiger partial charge in [0.05, 0.1) is 18.1 Å². The molecule has 0 saturated carbocycles. The number of carboxylic acid groups (broad SMARTS) is 1. The van der Waals surface area contributed by atoms with Crippen LogP contribution in [0.25, 0.3) is 0 Å². The van der Waals surface area contributed by atoms with Gasteiger partial charge in [-0.15, -0.1) is 0 Å². The summed E-state index contributed by atoms with van der Waals surface area (Å²) < 4.78 is 1.64. The Morgan fingerprint density at radius 3 is 2.66 bits per heavy atom. The molecule has 1 aromatic carbocycles. The maximum absolute atomic E-state index is 11.7. The number of hydrogen-bond donors (Lipinski definition) is 4. The third kappa shape index (κ3) is 5.78. The number of benzene rings is 1. The van der Waals surface area contributed by atoms with E-state index < -0.39 is 11.9 Å². The zero-order valence-corrected chi connectivity index (χ0v) is 15.9. The number of carboxylic acids is 1. The number of rotatable bonds is 7. The number of aromatic nitrogens is 4. The number of anilines is 5. The maximum Gasteiger partial charge on any atom is 0.328 e. The minimum Gasteiger partial charge on any atom is -0.478 e. The average Bonchev–Trinajstić information content (AvgIpc) is 3.08. The first kappa shape index (κ1) is 19.8. The largest absolute Gasteiger partial charge is 0.478 e. The summed E-state index contributed by atoms with van der Waals surface area (Å²) in [7, 11) is 1.80. The van der Waals surface area contributed by atoms with Crippen LogP contribution < -0.4 is 16.0 Å². The summed E-state index contributed by atoms with van der Waals surface area (Å²) in [5, 5.41) is 21.6. The number of nitrogens with one attached hydrogen (secondary N) is 3. The monoisotopic (exact) mass is 413 g/mol. The molecule has 0 aliphatic heterocycles. The molecule has 0 saturated heterocycles. The predicted molar refractivity (Wildman–Crippen MR) is 109 cm³/mol. The van der Waals surface area contributed by atoms with Crippen molar-refractivity contribution >= 4 is 52.3 Å². The van der Waals surface area contributed by atoms with Crippen LogP contribution >= 0.6 is 11.6 Å². The van der Waals surface area contributed by atoms with E-state index in [9.17, 15) is 9.59 Å². The number of carbonyl (C=O) groups excluding carboxylic acids is 1. The molecule has 0 atom stereocenters. The standard InChI is InChI=1S/C18H16ClN7O3/c1-26-10-13(8-21-26)24-18-20-9-14(19)17(25-18)23-12-4-2-3-11(7-12)22-15(27)5-6-16(28)29/h2-10H,1H3,(H,22,27)(H,28,29)(H2,20,23,24,25). The van der Waals surface area contributed by atoms with E-state index >= 15 is 0 Å². The number of nitrogens with zero attached hydrogens (tertiary/aromatic N) is 4. The Bertz CT molecular complexity index is 1080. The fourth-order valence-electron chi connectivity index (χ4n) is 2.27. The predicted octanol–water partition coefficient (Wildman–Crippen LogP) is 2.93. The average molecular weight is 414 g/mol. The molecule has 0 bridgehead atoms. The van der Waals surface area contributed by atoms with Crippen LogP contribution in [0.15, 0.2) is 55.0 Å². The third-order valence-electron chi connectivity index (χ3n) is 3.48. The van der Waals surface area contributed by atoms with Crippen LogP contribution in [0, 0.1) is 0 Å². The van der Waals surface area contributed by atoms with Gasteiger partial charge >= 0.3 is 5.97 Å². The molecule has 2 heterocycles. The first-order valence-corrected chi connectivity index (χ1v) is 8.64. The van der Waals surface area contributed by atoms with Crippen molar-refractivity contribution in [3.8, 4) is 0 Å². The lowest BCUT2D eigenvalue weighted by Gasteiger charge is -2.11. The molecule has 0 unspecified atom stereocenters. The van der Waals surface area contributed by atoms with Crippen LogP contribution in [0.4, 0.5) is 28.8 Å². The van der Waals surface area contributed by atoms with E-state index in [4.69, 9.17) is 16.7 Å². The molecule has 0 aliphatic carbocycles. The molecule has 29 heavy (non-hydrogen) atoms. The molecule has 0 radical (unpaired) electrons. The van der Waals surface area contributed by atoms with E-state index in [0.29, 0.717) is 28.2 Å². The minimum atomic E-state index is -1.20. The van der Waals surface area contributed by atoms with Crippen LogP contribution in [0.3, 0.4) is 0 Å². The Balaban J connectivity index is 1.73. The quantitative estimate of drug-likeness (QED) is 0.434. The van der Waals surface area contributed by atoms with Crippen molar-refractivity contribution in [2.24, 2.45) is 7.05 Å². The maximum atomic E-state index is 11.7. The van der Waals surface area contributed by atoms with Crippen molar-refractivity contribution in [1.29, 1.82) is 0 Å². The molecule has 10 nitrogen and oxygen atoms in total. The molecule has 0 spiro atoms. The second-order valence-corrected chi connectivity index (χ2v) is 6.19. The van der Waals surface area contributed by atoms with Crippen molar-refractivity contribution in [3.63, 3.8) is 0 Å². The van der Waals surface area contributed by atoms with Crippen molar-refractivity contribution < 1.29 is 14.7 Å². The molecule has 3 aromatic rings. The normalized spacial score (nSPS) is 10.7. The Morgan fingerprint density at radius 2 is 1.93 bits per heavy atom. The molecule has 4 N–H and O–H groups in total. The third-order valence-corrected chi connectivity index (χ3v) is 3.75. The number of halogens is 1. The van der Waals surface area contributed by atoms with Gasteiger partial charge in [0.2, 0.25) is 11.9 Å². The highest BCUT2D eigenvalue weighted by atomic mass is 35.5. The van der Waals surface area contributed by atoms with E-state index in [0.717, 1.165) is 17.8 Å². The van der Waals surface area contributed by atoms with Crippen molar-refractivity contribution in [3.05, 3.63) is 60.0 Å². The van der Waals surface area contributed by atoms with Crippen LogP contribution in [-0.2, 0) is 16.6 Å². The summed E-state index contributed by atoms with van der Waals surface area (Å²) in [5.41, 5.74) is 1.80. The zero-order chi connectivity index (χ0) is 20.8. The summed E-state index contributed by atoms with van der Waals surface area (Å²) >= 11 is 6.18. The molecule has 1 amide bonds. The van der Waals surface area contributed by atoms with E-state index in [2.05, 4.69) is 31.0 Å². The topological polar surface area (TPSA) is 134 Å². The molecule has 11 heteroatoms. The minimum absolute atomic E-state index is 0.306. The van der Waals surface area contributed by atoms with Crippen LogP contribution in [0.1, 0.15) is 0 Å².